The monoisotopic (exact) mass is 396 g/mol. The first-order valence-corrected chi connectivity index (χ1v) is 9.95. The number of amides is 1. The molecule has 0 saturated heterocycles. The molecule has 3 aromatic rings. The van der Waals surface area contributed by atoms with Gasteiger partial charge in [-0.1, -0.05) is 42.1 Å². The molecule has 28 heavy (non-hydrogen) atoms. The third-order valence-electron chi connectivity index (χ3n) is 4.24. The second-order valence-electron chi connectivity index (χ2n) is 6.55. The summed E-state index contributed by atoms with van der Waals surface area (Å²) in [5.74, 6) is 0.378. The van der Waals surface area contributed by atoms with Crippen LogP contribution in [-0.2, 0) is 11.4 Å². The van der Waals surface area contributed by atoms with Gasteiger partial charge in [-0.3, -0.25) is 4.79 Å². The van der Waals surface area contributed by atoms with Gasteiger partial charge in [0, 0.05) is 6.07 Å². The number of ether oxygens (including phenoxy) is 1. The van der Waals surface area contributed by atoms with Crippen molar-refractivity contribution in [3.05, 3.63) is 54.2 Å². The molecule has 1 unspecified atom stereocenters. The summed E-state index contributed by atoms with van der Waals surface area (Å²) in [6, 6.07) is 13.8. The number of thioether (sulfide) groups is 1. The Bertz CT molecular complexity index is 927. The zero-order chi connectivity index (χ0) is 19.3. The van der Waals surface area contributed by atoms with Crippen molar-refractivity contribution in [1.29, 1.82) is 0 Å². The van der Waals surface area contributed by atoms with Gasteiger partial charge in [0.1, 0.15) is 6.61 Å². The van der Waals surface area contributed by atoms with Crippen LogP contribution in [0.5, 0.6) is 5.88 Å². The highest BCUT2D eigenvalue weighted by molar-refractivity contribution is 8.00. The largest absolute Gasteiger partial charge is 0.473 e. The second kappa shape index (κ2) is 8.39. The van der Waals surface area contributed by atoms with Gasteiger partial charge in [-0.25, -0.2) is 9.67 Å². The van der Waals surface area contributed by atoms with Crippen LogP contribution in [0.2, 0.25) is 0 Å². The summed E-state index contributed by atoms with van der Waals surface area (Å²) >= 11 is 1.35. The Morgan fingerprint density at radius 1 is 1.29 bits per heavy atom. The van der Waals surface area contributed by atoms with E-state index in [4.69, 9.17) is 4.74 Å². The minimum atomic E-state index is -0.336. The van der Waals surface area contributed by atoms with E-state index in [0.717, 1.165) is 18.4 Å². The summed E-state index contributed by atoms with van der Waals surface area (Å²) in [4.78, 5) is 16.7. The molecular weight excluding hydrogens is 376 g/mol. The lowest BCUT2D eigenvalue weighted by Crippen LogP contribution is -2.23. The first-order chi connectivity index (χ1) is 13.7. The van der Waals surface area contributed by atoms with Crippen molar-refractivity contribution in [2.24, 2.45) is 0 Å². The quantitative estimate of drug-likeness (QED) is 0.585. The van der Waals surface area contributed by atoms with Crippen LogP contribution in [-0.4, -0.2) is 36.3 Å². The molecular formula is C19H20N6O2S. The van der Waals surface area contributed by atoms with E-state index in [0.29, 0.717) is 29.4 Å². The number of benzene rings is 1. The number of anilines is 1. The van der Waals surface area contributed by atoms with E-state index in [1.807, 2.05) is 37.3 Å². The molecule has 1 fully saturated rings. The molecule has 0 aliphatic heterocycles. The van der Waals surface area contributed by atoms with Crippen molar-refractivity contribution in [3.8, 4) is 5.88 Å². The molecule has 0 radical (unpaired) electrons. The maximum atomic E-state index is 12.5. The number of hydrogen-bond donors (Lipinski definition) is 1. The van der Waals surface area contributed by atoms with Crippen LogP contribution >= 0.6 is 11.8 Å². The van der Waals surface area contributed by atoms with Gasteiger partial charge in [0.25, 0.3) is 0 Å². The standard InChI is InChI=1S/C19H20N6O2S/c1-13(28-19-22-23-24-25(19)16-8-9-16)18(26)21-15-7-10-17(20-11-15)27-12-14-5-3-2-4-6-14/h2-7,10-11,13,16H,8-9,12H2,1H3,(H,21,26). The van der Waals surface area contributed by atoms with Crippen LogP contribution in [0.1, 0.15) is 31.4 Å². The zero-order valence-corrected chi connectivity index (χ0v) is 16.2. The van der Waals surface area contributed by atoms with Crippen LogP contribution < -0.4 is 10.1 Å². The fourth-order valence-electron chi connectivity index (χ4n) is 2.54. The maximum absolute atomic E-state index is 12.5. The average molecular weight is 396 g/mol. The molecule has 2 heterocycles. The SMILES string of the molecule is CC(Sc1nnnn1C1CC1)C(=O)Nc1ccc(OCc2ccccc2)nc1. The van der Waals surface area contributed by atoms with Gasteiger partial charge in [0.2, 0.25) is 16.9 Å². The Balaban J connectivity index is 1.29. The van der Waals surface area contributed by atoms with Crippen LogP contribution in [0, 0.1) is 0 Å². The van der Waals surface area contributed by atoms with E-state index < -0.39 is 0 Å². The number of hydrogen-bond acceptors (Lipinski definition) is 7. The lowest BCUT2D eigenvalue weighted by atomic mass is 10.2. The molecule has 144 valence electrons. The van der Waals surface area contributed by atoms with Crippen molar-refractivity contribution >= 4 is 23.4 Å². The summed E-state index contributed by atoms with van der Waals surface area (Å²) in [7, 11) is 0. The van der Waals surface area contributed by atoms with E-state index in [1.54, 1.807) is 23.0 Å². The van der Waals surface area contributed by atoms with E-state index in [1.165, 1.54) is 11.8 Å². The summed E-state index contributed by atoms with van der Waals surface area (Å²) < 4.78 is 7.46. The number of tetrazole rings is 1. The molecule has 2 aromatic heterocycles. The Labute approximate surface area is 166 Å². The Hall–Kier alpha value is -2.94. The van der Waals surface area contributed by atoms with E-state index in [2.05, 4.69) is 25.8 Å². The molecule has 0 spiro atoms. The highest BCUT2D eigenvalue weighted by atomic mass is 32.2. The Kier molecular flexibility index (Phi) is 5.52. The molecule has 1 aliphatic rings. The zero-order valence-electron chi connectivity index (χ0n) is 15.4. The lowest BCUT2D eigenvalue weighted by molar-refractivity contribution is -0.115. The highest BCUT2D eigenvalue weighted by Crippen LogP contribution is 2.37. The van der Waals surface area contributed by atoms with E-state index in [-0.39, 0.29) is 11.2 Å². The van der Waals surface area contributed by atoms with Crippen LogP contribution in [0.3, 0.4) is 0 Å². The van der Waals surface area contributed by atoms with Crippen molar-refractivity contribution < 1.29 is 9.53 Å². The molecule has 1 amide bonds. The fourth-order valence-corrected chi connectivity index (χ4v) is 3.40. The summed E-state index contributed by atoms with van der Waals surface area (Å²) in [6.07, 6.45) is 3.76. The first kappa shape index (κ1) is 18.4. The van der Waals surface area contributed by atoms with E-state index in [9.17, 15) is 4.79 Å². The highest BCUT2D eigenvalue weighted by Gasteiger charge is 2.29. The number of carbonyl (C=O) groups is 1. The van der Waals surface area contributed by atoms with Gasteiger partial charge in [-0.05, 0) is 41.8 Å². The topological polar surface area (TPSA) is 94.8 Å². The Morgan fingerprint density at radius 3 is 2.82 bits per heavy atom. The molecule has 4 rings (SSSR count). The number of rotatable bonds is 8. The van der Waals surface area contributed by atoms with Crippen molar-refractivity contribution in [2.75, 3.05) is 5.32 Å². The third kappa shape index (κ3) is 4.66. The first-order valence-electron chi connectivity index (χ1n) is 9.07. The molecule has 0 bridgehead atoms. The molecule has 1 aromatic carbocycles. The van der Waals surface area contributed by atoms with Gasteiger partial charge in [0.05, 0.1) is 23.2 Å². The van der Waals surface area contributed by atoms with Gasteiger partial charge in [0.15, 0.2) is 0 Å². The third-order valence-corrected chi connectivity index (χ3v) is 5.29. The minimum absolute atomic E-state index is 0.130. The number of carbonyl (C=O) groups excluding carboxylic acids is 1. The van der Waals surface area contributed by atoms with Crippen LogP contribution in [0.25, 0.3) is 0 Å². The average Bonchev–Trinajstić information content (AvgIpc) is 3.47. The predicted molar refractivity (Wildman–Crippen MR) is 105 cm³/mol. The summed E-state index contributed by atoms with van der Waals surface area (Å²) in [5, 5.41) is 14.9. The number of nitrogens with one attached hydrogen (secondary N) is 1. The summed E-state index contributed by atoms with van der Waals surface area (Å²) in [5.41, 5.74) is 1.69. The van der Waals surface area contributed by atoms with Crippen LogP contribution in [0.4, 0.5) is 5.69 Å². The molecule has 1 N–H and O–H groups in total. The lowest BCUT2D eigenvalue weighted by Gasteiger charge is -2.12. The number of nitrogens with zero attached hydrogens (tertiary/aromatic N) is 5. The number of aromatic nitrogens is 5. The molecule has 1 aliphatic carbocycles. The van der Waals surface area contributed by atoms with E-state index >= 15 is 0 Å². The molecule has 1 atom stereocenters. The maximum Gasteiger partial charge on any atom is 0.237 e. The van der Waals surface area contributed by atoms with Gasteiger partial charge < -0.3 is 10.1 Å². The summed E-state index contributed by atoms with van der Waals surface area (Å²) in [6.45, 7) is 2.28. The Morgan fingerprint density at radius 2 is 2.11 bits per heavy atom. The van der Waals surface area contributed by atoms with Gasteiger partial charge in [-0.2, -0.15) is 0 Å². The van der Waals surface area contributed by atoms with Gasteiger partial charge >= 0.3 is 0 Å². The number of pyridine rings is 1. The second-order valence-corrected chi connectivity index (χ2v) is 7.85. The predicted octanol–water partition coefficient (Wildman–Crippen LogP) is 3.10. The molecule has 1 saturated carbocycles. The van der Waals surface area contributed by atoms with Crippen molar-refractivity contribution in [3.63, 3.8) is 0 Å². The normalized spacial score (nSPS) is 14.5. The van der Waals surface area contributed by atoms with Gasteiger partial charge in [-0.15, -0.1) is 5.10 Å². The fraction of sp³-hybridized carbons (Fsp3) is 0.316. The molecule has 8 nitrogen and oxygen atoms in total. The van der Waals surface area contributed by atoms with Crippen molar-refractivity contribution in [2.45, 2.75) is 42.8 Å². The smallest absolute Gasteiger partial charge is 0.237 e. The van der Waals surface area contributed by atoms with Crippen LogP contribution in [0.15, 0.2) is 53.8 Å². The molecule has 9 heteroatoms. The van der Waals surface area contributed by atoms with Crippen molar-refractivity contribution in [1.82, 2.24) is 25.2 Å². The minimum Gasteiger partial charge on any atom is -0.473 e.